The van der Waals surface area contributed by atoms with Gasteiger partial charge in [0, 0.05) is 8.95 Å². The topological polar surface area (TPSA) is 83.5 Å². The van der Waals surface area contributed by atoms with Gasteiger partial charge in [-0.3, -0.25) is 4.79 Å². The normalized spacial score (nSPS) is 12.8. The summed E-state index contributed by atoms with van der Waals surface area (Å²) >= 11 is 6.38. The second-order valence-electron chi connectivity index (χ2n) is 4.78. The summed E-state index contributed by atoms with van der Waals surface area (Å²) in [4.78, 5) is 11.4. The zero-order valence-corrected chi connectivity index (χ0v) is 15.7. The standard InChI is InChI=1S/C15H13Br2NO4S/c16-11-6-7-12(17)14(9-11)23(21,22)18-13(15(19)20)8-10-4-2-1-3-5-10/h1-7,9,13,18H,8H2,(H,19,20). The molecule has 2 rings (SSSR count). The van der Waals surface area contributed by atoms with Crippen LogP contribution in [0.5, 0.6) is 0 Å². The van der Waals surface area contributed by atoms with E-state index >= 15 is 0 Å². The Morgan fingerprint density at radius 3 is 2.39 bits per heavy atom. The van der Waals surface area contributed by atoms with E-state index in [1.165, 1.54) is 6.07 Å². The van der Waals surface area contributed by atoms with Gasteiger partial charge in [0.05, 0.1) is 4.90 Å². The zero-order chi connectivity index (χ0) is 17.0. The lowest BCUT2D eigenvalue weighted by Gasteiger charge is -2.16. The Labute approximate surface area is 151 Å². The van der Waals surface area contributed by atoms with E-state index in [2.05, 4.69) is 36.6 Å². The third kappa shape index (κ3) is 4.87. The maximum absolute atomic E-state index is 12.5. The molecular formula is C15H13Br2NO4S. The van der Waals surface area contributed by atoms with Gasteiger partial charge >= 0.3 is 5.97 Å². The first kappa shape index (κ1) is 18.1. The molecule has 0 amide bonds. The van der Waals surface area contributed by atoms with E-state index in [4.69, 9.17) is 0 Å². The first-order chi connectivity index (χ1) is 10.8. The zero-order valence-electron chi connectivity index (χ0n) is 11.7. The summed E-state index contributed by atoms with van der Waals surface area (Å²) in [5.74, 6) is -1.23. The van der Waals surface area contributed by atoms with Crippen LogP contribution in [-0.4, -0.2) is 25.5 Å². The lowest BCUT2D eigenvalue weighted by molar-refractivity contribution is -0.138. The first-order valence-electron chi connectivity index (χ1n) is 6.54. The van der Waals surface area contributed by atoms with Crippen LogP contribution in [-0.2, 0) is 21.2 Å². The Kier molecular flexibility index (Phi) is 5.96. The molecular weight excluding hydrogens is 450 g/mol. The molecule has 0 aliphatic heterocycles. The molecule has 5 nitrogen and oxygen atoms in total. The van der Waals surface area contributed by atoms with E-state index in [-0.39, 0.29) is 11.3 Å². The maximum Gasteiger partial charge on any atom is 0.322 e. The molecule has 0 radical (unpaired) electrons. The van der Waals surface area contributed by atoms with Gasteiger partial charge in [0.25, 0.3) is 0 Å². The van der Waals surface area contributed by atoms with E-state index in [1.54, 1.807) is 36.4 Å². The lowest BCUT2D eigenvalue weighted by Crippen LogP contribution is -2.42. The number of sulfonamides is 1. The van der Waals surface area contributed by atoms with Crippen molar-refractivity contribution < 1.29 is 18.3 Å². The van der Waals surface area contributed by atoms with Gasteiger partial charge in [-0.15, -0.1) is 0 Å². The first-order valence-corrected chi connectivity index (χ1v) is 9.60. The molecule has 0 aromatic heterocycles. The van der Waals surface area contributed by atoms with Gasteiger partial charge in [-0.25, -0.2) is 8.42 Å². The van der Waals surface area contributed by atoms with Crippen molar-refractivity contribution in [3.05, 3.63) is 63.0 Å². The number of carboxylic acids is 1. The lowest BCUT2D eigenvalue weighted by atomic mass is 10.1. The Morgan fingerprint density at radius 2 is 1.78 bits per heavy atom. The van der Waals surface area contributed by atoms with Crippen LogP contribution in [0.15, 0.2) is 62.4 Å². The van der Waals surface area contributed by atoms with Gasteiger partial charge in [-0.05, 0) is 46.1 Å². The Morgan fingerprint density at radius 1 is 1.13 bits per heavy atom. The van der Waals surface area contributed by atoms with Gasteiger partial charge in [-0.2, -0.15) is 4.72 Å². The number of nitrogens with one attached hydrogen (secondary N) is 1. The predicted molar refractivity (Wildman–Crippen MR) is 93.7 cm³/mol. The van der Waals surface area contributed by atoms with Crippen LogP contribution in [0.4, 0.5) is 0 Å². The van der Waals surface area contributed by atoms with Gasteiger partial charge in [0.2, 0.25) is 10.0 Å². The Hall–Kier alpha value is -1.22. The maximum atomic E-state index is 12.5. The smallest absolute Gasteiger partial charge is 0.322 e. The molecule has 0 bridgehead atoms. The van der Waals surface area contributed by atoms with Gasteiger partial charge < -0.3 is 5.11 Å². The number of halogens is 2. The van der Waals surface area contributed by atoms with Crippen molar-refractivity contribution >= 4 is 47.9 Å². The molecule has 2 aromatic carbocycles. The van der Waals surface area contributed by atoms with E-state index in [0.717, 1.165) is 5.56 Å². The summed E-state index contributed by atoms with van der Waals surface area (Å²) in [5.41, 5.74) is 0.732. The molecule has 2 N–H and O–H groups in total. The number of benzene rings is 2. The van der Waals surface area contributed by atoms with E-state index in [0.29, 0.717) is 8.95 Å². The van der Waals surface area contributed by atoms with Crippen LogP contribution in [0.25, 0.3) is 0 Å². The van der Waals surface area contributed by atoms with Crippen LogP contribution in [0.3, 0.4) is 0 Å². The second-order valence-corrected chi connectivity index (χ2v) is 8.23. The quantitative estimate of drug-likeness (QED) is 0.690. The summed E-state index contributed by atoms with van der Waals surface area (Å²) in [5, 5.41) is 9.32. The summed E-state index contributed by atoms with van der Waals surface area (Å²) in [7, 11) is -3.99. The van der Waals surface area contributed by atoms with Crippen molar-refractivity contribution in [2.24, 2.45) is 0 Å². The molecule has 0 aliphatic rings. The molecule has 0 saturated heterocycles. The Bertz CT molecular complexity index is 809. The van der Waals surface area contributed by atoms with Crippen molar-refractivity contribution in [1.29, 1.82) is 0 Å². The highest BCUT2D eigenvalue weighted by Gasteiger charge is 2.27. The van der Waals surface area contributed by atoms with Crippen molar-refractivity contribution in [3.63, 3.8) is 0 Å². The molecule has 1 unspecified atom stereocenters. The highest BCUT2D eigenvalue weighted by atomic mass is 79.9. The summed E-state index contributed by atoms with van der Waals surface area (Å²) in [6, 6.07) is 12.3. The third-order valence-electron chi connectivity index (χ3n) is 3.06. The minimum absolute atomic E-state index is 0.0220. The van der Waals surface area contributed by atoms with Gasteiger partial charge in [-0.1, -0.05) is 46.3 Å². The molecule has 122 valence electrons. The fourth-order valence-electron chi connectivity index (χ4n) is 1.96. The second kappa shape index (κ2) is 7.57. The monoisotopic (exact) mass is 461 g/mol. The molecule has 0 spiro atoms. The number of hydrogen-bond acceptors (Lipinski definition) is 3. The average molecular weight is 463 g/mol. The Balaban J connectivity index is 2.28. The predicted octanol–water partition coefficient (Wildman–Crippen LogP) is 3.19. The molecule has 8 heteroatoms. The summed E-state index contributed by atoms with van der Waals surface area (Å²) < 4.78 is 28.2. The van der Waals surface area contributed by atoms with Crippen LogP contribution in [0.2, 0.25) is 0 Å². The largest absolute Gasteiger partial charge is 0.480 e. The number of aliphatic carboxylic acids is 1. The molecule has 23 heavy (non-hydrogen) atoms. The van der Waals surface area contributed by atoms with Crippen LogP contribution in [0, 0.1) is 0 Å². The number of carboxylic acid groups (broad SMARTS) is 1. The van der Waals surface area contributed by atoms with Crippen molar-refractivity contribution in [2.75, 3.05) is 0 Å². The van der Waals surface area contributed by atoms with Crippen molar-refractivity contribution in [3.8, 4) is 0 Å². The van der Waals surface area contributed by atoms with E-state index < -0.39 is 22.0 Å². The minimum atomic E-state index is -3.99. The van der Waals surface area contributed by atoms with E-state index in [9.17, 15) is 18.3 Å². The summed E-state index contributed by atoms with van der Waals surface area (Å²) in [6.45, 7) is 0. The fraction of sp³-hybridized carbons (Fsp3) is 0.133. The van der Waals surface area contributed by atoms with Crippen LogP contribution < -0.4 is 4.72 Å². The molecule has 0 aliphatic carbocycles. The fourth-order valence-corrected chi connectivity index (χ4v) is 4.65. The van der Waals surface area contributed by atoms with Crippen molar-refractivity contribution in [2.45, 2.75) is 17.4 Å². The highest BCUT2D eigenvalue weighted by Crippen LogP contribution is 2.26. The number of rotatable bonds is 6. The number of carbonyl (C=O) groups is 1. The SMILES string of the molecule is O=C(O)C(Cc1ccccc1)NS(=O)(=O)c1cc(Br)ccc1Br. The van der Waals surface area contributed by atoms with Crippen molar-refractivity contribution in [1.82, 2.24) is 4.72 Å². The highest BCUT2D eigenvalue weighted by molar-refractivity contribution is 9.11. The minimum Gasteiger partial charge on any atom is -0.480 e. The molecule has 0 fully saturated rings. The van der Waals surface area contributed by atoms with Gasteiger partial charge in [0.15, 0.2) is 0 Å². The molecule has 1 atom stereocenters. The molecule has 2 aromatic rings. The van der Waals surface area contributed by atoms with Crippen LogP contribution in [0.1, 0.15) is 5.56 Å². The van der Waals surface area contributed by atoms with Gasteiger partial charge in [0.1, 0.15) is 6.04 Å². The van der Waals surface area contributed by atoms with E-state index in [1.807, 2.05) is 6.07 Å². The molecule has 0 saturated carbocycles. The van der Waals surface area contributed by atoms with Crippen LogP contribution >= 0.6 is 31.9 Å². The number of hydrogen-bond donors (Lipinski definition) is 2. The summed E-state index contributed by atoms with van der Waals surface area (Å²) in [6.07, 6.45) is 0.0566. The third-order valence-corrected chi connectivity index (χ3v) is 6.02. The average Bonchev–Trinajstić information content (AvgIpc) is 2.49. The molecule has 0 heterocycles.